The molecule has 1 saturated heterocycles. The Kier molecular flexibility index (Phi) is 9.12. The van der Waals surface area contributed by atoms with Gasteiger partial charge in [-0.15, -0.1) is 0 Å². The molecular formula is C15H28N2O8S2. The van der Waals surface area contributed by atoms with Crippen LogP contribution in [0.4, 0.5) is 0 Å². The minimum Gasteiger partial charge on any atom is -0.339 e. The fourth-order valence-corrected chi connectivity index (χ4v) is 3.56. The number of nitrogens with zero attached hydrogens (tertiary/aromatic N) is 2. The van der Waals surface area contributed by atoms with E-state index >= 15 is 0 Å². The average molecular weight is 429 g/mol. The summed E-state index contributed by atoms with van der Waals surface area (Å²) < 4.78 is 52.7. The van der Waals surface area contributed by atoms with Gasteiger partial charge in [0.05, 0.1) is 25.7 Å². The van der Waals surface area contributed by atoms with E-state index in [2.05, 4.69) is 8.37 Å². The van der Waals surface area contributed by atoms with Crippen molar-refractivity contribution < 1.29 is 34.8 Å². The van der Waals surface area contributed by atoms with Gasteiger partial charge in [-0.25, -0.2) is 0 Å². The summed E-state index contributed by atoms with van der Waals surface area (Å²) in [5.41, 5.74) is 0. The van der Waals surface area contributed by atoms with Crippen molar-refractivity contribution in [1.29, 1.82) is 0 Å². The maximum atomic E-state index is 12.3. The average Bonchev–Trinajstić information content (AvgIpc) is 2.53. The molecule has 1 unspecified atom stereocenters. The van der Waals surface area contributed by atoms with Crippen LogP contribution in [0, 0.1) is 0 Å². The molecule has 0 saturated carbocycles. The Morgan fingerprint density at radius 3 is 1.81 bits per heavy atom. The molecule has 0 aromatic heterocycles. The lowest BCUT2D eigenvalue weighted by molar-refractivity contribution is -0.142. The first kappa shape index (κ1) is 23.8. The van der Waals surface area contributed by atoms with E-state index in [1.165, 1.54) is 0 Å². The van der Waals surface area contributed by atoms with Crippen molar-refractivity contribution in [2.24, 2.45) is 0 Å². The van der Waals surface area contributed by atoms with E-state index < -0.39 is 20.2 Å². The van der Waals surface area contributed by atoms with Gasteiger partial charge in [0.15, 0.2) is 0 Å². The van der Waals surface area contributed by atoms with Crippen LogP contribution in [0.2, 0.25) is 0 Å². The summed E-state index contributed by atoms with van der Waals surface area (Å²) >= 11 is 0. The van der Waals surface area contributed by atoms with E-state index in [4.69, 9.17) is 0 Å². The molecule has 1 atom stereocenters. The first-order valence-electron chi connectivity index (χ1n) is 8.65. The Hall–Kier alpha value is -1.24. The van der Waals surface area contributed by atoms with Crippen molar-refractivity contribution >= 4 is 32.1 Å². The van der Waals surface area contributed by atoms with Crippen molar-refractivity contribution in [3.8, 4) is 0 Å². The molecular weight excluding hydrogens is 400 g/mol. The number of hydrogen-bond acceptors (Lipinski definition) is 8. The fourth-order valence-electron chi connectivity index (χ4n) is 2.72. The van der Waals surface area contributed by atoms with E-state index in [-0.39, 0.29) is 43.9 Å². The standard InChI is InChI=1S/C15H28N2O8S2/c1-13-12-16(14(18)6-4-10-24-26(2,20)21)8-9-17(13)15(19)7-5-11-25-27(3,22)23/h13H,4-12H2,1-3H3. The van der Waals surface area contributed by atoms with E-state index in [1.807, 2.05) is 6.92 Å². The van der Waals surface area contributed by atoms with Crippen LogP contribution >= 0.6 is 0 Å². The second kappa shape index (κ2) is 10.3. The van der Waals surface area contributed by atoms with Crippen molar-refractivity contribution in [2.45, 2.75) is 38.6 Å². The predicted molar refractivity (Wildman–Crippen MR) is 97.8 cm³/mol. The minimum atomic E-state index is -3.50. The number of carbonyl (C=O) groups excluding carboxylic acids is 2. The maximum Gasteiger partial charge on any atom is 0.264 e. The number of rotatable bonds is 10. The first-order chi connectivity index (χ1) is 12.4. The molecule has 12 heteroatoms. The van der Waals surface area contributed by atoms with Gasteiger partial charge in [0.2, 0.25) is 11.8 Å². The molecule has 0 radical (unpaired) electrons. The van der Waals surface area contributed by atoms with Crippen LogP contribution in [0.25, 0.3) is 0 Å². The third-order valence-electron chi connectivity index (χ3n) is 3.97. The first-order valence-corrected chi connectivity index (χ1v) is 12.3. The topological polar surface area (TPSA) is 127 Å². The van der Waals surface area contributed by atoms with Crippen LogP contribution in [0.15, 0.2) is 0 Å². The van der Waals surface area contributed by atoms with Crippen molar-refractivity contribution in [1.82, 2.24) is 9.80 Å². The van der Waals surface area contributed by atoms with E-state index in [0.29, 0.717) is 32.5 Å². The molecule has 0 aromatic carbocycles. The zero-order valence-electron chi connectivity index (χ0n) is 15.9. The molecule has 2 amide bonds. The van der Waals surface area contributed by atoms with Gasteiger partial charge >= 0.3 is 0 Å². The largest absolute Gasteiger partial charge is 0.339 e. The fraction of sp³-hybridized carbons (Fsp3) is 0.867. The highest BCUT2D eigenvalue weighted by Crippen LogP contribution is 2.13. The lowest BCUT2D eigenvalue weighted by atomic mass is 10.1. The third-order valence-corrected chi connectivity index (χ3v) is 5.15. The van der Waals surface area contributed by atoms with Gasteiger partial charge < -0.3 is 9.80 Å². The number of piperazine rings is 1. The highest BCUT2D eigenvalue weighted by Gasteiger charge is 2.29. The number of carbonyl (C=O) groups is 2. The molecule has 1 rings (SSSR count). The molecule has 0 aromatic rings. The predicted octanol–water partition coefficient (Wildman–Crippen LogP) is -0.441. The molecule has 0 N–H and O–H groups in total. The van der Waals surface area contributed by atoms with E-state index in [9.17, 15) is 26.4 Å². The van der Waals surface area contributed by atoms with Gasteiger partial charge in [-0.2, -0.15) is 16.8 Å². The van der Waals surface area contributed by atoms with Crippen LogP contribution in [0.1, 0.15) is 32.6 Å². The third kappa shape index (κ3) is 10.0. The van der Waals surface area contributed by atoms with Gasteiger partial charge in [-0.3, -0.25) is 18.0 Å². The van der Waals surface area contributed by atoms with Gasteiger partial charge in [-0.1, -0.05) is 0 Å². The summed E-state index contributed by atoms with van der Waals surface area (Å²) in [6.07, 6.45) is 2.88. The second-order valence-electron chi connectivity index (χ2n) is 6.54. The summed E-state index contributed by atoms with van der Waals surface area (Å²) in [5, 5.41) is 0. The Labute approximate surface area is 161 Å². The molecule has 1 heterocycles. The summed E-state index contributed by atoms with van der Waals surface area (Å²) in [6, 6.07) is -0.154. The molecule has 1 aliphatic heterocycles. The molecule has 27 heavy (non-hydrogen) atoms. The Balaban J connectivity index is 2.34. The smallest absolute Gasteiger partial charge is 0.264 e. The Bertz CT molecular complexity index is 720. The Morgan fingerprint density at radius 1 is 0.889 bits per heavy atom. The lowest BCUT2D eigenvalue weighted by Gasteiger charge is -2.40. The normalized spacial score (nSPS) is 18.6. The van der Waals surface area contributed by atoms with Gasteiger partial charge in [-0.05, 0) is 19.8 Å². The van der Waals surface area contributed by atoms with Crippen molar-refractivity contribution in [3.05, 3.63) is 0 Å². The number of amides is 2. The summed E-state index contributed by atoms with van der Waals surface area (Å²) in [5.74, 6) is -0.208. The molecule has 1 aliphatic rings. The molecule has 0 aliphatic carbocycles. The summed E-state index contributed by atoms with van der Waals surface area (Å²) in [4.78, 5) is 27.8. The SMILES string of the molecule is CC1CN(C(=O)CCCOS(C)(=O)=O)CCN1C(=O)CCCOS(C)(=O)=O. The highest BCUT2D eigenvalue weighted by molar-refractivity contribution is 7.86. The summed E-state index contributed by atoms with van der Waals surface area (Å²) in [6.45, 7) is 2.98. The van der Waals surface area contributed by atoms with E-state index in [1.54, 1.807) is 9.80 Å². The monoisotopic (exact) mass is 428 g/mol. The maximum absolute atomic E-state index is 12.3. The quantitative estimate of drug-likeness (QED) is 0.338. The van der Waals surface area contributed by atoms with Crippen molar-refractivity contribution in [2.75, 3.05) is 45.4 Å². The molecule has 158 valence electrons. The second-order valence-corrected chi connectivity index (χ2v) is 9.82. The molecule has 0 bridgehead atoms. The van der Waals surface area contributed by atoms with Crippen LogP contribution < -0.4 is 0 Å². The Morgan fingerprint density at radius 2 is 1.37 bits per heavy atom. The molecule has 1 fully saturated rings. The zero-order valence-corrected chi connectivity index (χ0v) is 17.6. The zero-order chi connectivity index (χ0) is 20.7. The van der Waals surface area contributed by atoms with Gasteiger partial charge in [0, 0.05) is 38.5 Å². The van der Waals surface area contributed by atoms with Crippen LogP contribution in [-0.4, -0.2) is 89.9 Å². The van der Waals surface area contributed by atoms with E-state index in [0.717, 1.165) is 12.5 Å². The van der Waals surface area contributed by atoms with Crippen LogP contribution in [0.5, 0.6) is 0 Å². The van der Waals surface area contributed by atoms with Crippen LogP contribution in [0.3, 0.4) is 0 Å². The van der Waals surface area contributed by atoms with Gasteiger partial charge in [0.25, 0.3) is 20.2 Å². The molecule has 10 nitrogen and oxygen atoms in total. The summed E-state index contributed by atoms with van der Waals surface area (Å²) in [7, 11) is -7.01. The van der Waals surface area contributed by atoms with Crippen molar-refractivity contribution in [3.63, 3.8) is 0 Å². The van der Waals surface area contributed by atoms with Crippen LogP contribution in [-0.2, 0) is 38.2 Å². The molecule has 0 spiro atoms. The van der Waals surface area contributed by atoms with Gasteiger partial charge in [0.1, 0.15) is 0 Å². The lowest BCUT2D eigenvalue weighted by Crippen LogP contribution is -2.55. The highest BCUT2D eigenvalue weighted by atomic mass is 32.2. The minimum absolute atomic E-state index is 0.0336. The number of hydrogen-bond donors (Lipinski definition) is 0.